The number of aromatic nitrogens is 2. The Balaban J connectivity index is 1.53. The molecular weight excluding hydrogens is 214 g/mol. The zero-order valence-electron chi connectivity index (χ0n) is 10.7. The smallest absolute Gasteiger partial charge is 0.0594 e. The molecule has 1 fully saturated rings. The summed E-state index contributed by atoms with van der Waals surface area (Å²) in [5.41, 5.74) is 2.38. The molecule has 4 nitrogen and oxygen atoms in total. The van der Waals surface area contributed by atoms with Crippen LogP contribution >= 0.6 is 0 Å². The van der Waals surface area contributed by atoms with E-state index in [9.17, 15) is 0 Å². The van der Waals surface area contributed by atoms with Crippen molar-refractivity contribution in [3.8, 4) is 0 Å². The lowest BCUT2D eigenvalue weighted by atomic mass is 9.98. The van der Waals surface area contributed by atoms with Gasteiger partial charge in [0.15, 0.2) is 0 Å². The molecule has 1 aliphatic carbocycles. The minimum absolute atomic E-state index is 0.515. The van der Waals surface area contributed by atoms with Gasteiger partial charge >= 0.3 is 0 Å². The van der Waals surface area contributed by atoms with Gasteiger partial charge in [0.05, 0.1) is 18.9 Å². The van der Waals surface area contributed by atoms with E-state index in [0.717, 1.165) is 25.4 Å². The van der Waals surface area contributed by atoms with E-state index in [4.69, 9.17) is 4.74 Å². The van der Waals surface area contributed by atoms with E-state index in [1.165, 1.54) is 37.7 Å². The summed E-state index contributed by atoms with van der Waals surface area (Å²) in [7, 11) is 0. The number of rotatable bonds is 6. The molecular formula is C13H23N3O. The van der Waals surface area contributed by atoms with E-state index < -0.39 is 0 Å². The molecule has 0 aromatic carbocycles. The van der Waals surface area contributed by atoms with Crippen LogP contribution in [-0.4, -0.2) is 29.5 Å². The van der Waals surface area contributed by atoms with Gasteiger partial charge in [-0.1, -0.05) is 19.3 Å². The third-order valence-corrected chi connectivity index (χ3v) is 3.43. The third kappa shape index (κ3) is 4.13. The summed E-state index contributed by atoms with van der Waals surface area (Å²) in [6, 6.07) is 0. The first-order valence-electron chi connectivity index (χ1n) is 6.67. The van der Waals surface area contributed by atoms with E-state index in [0.29, 0.717) is 6.10 Å². The number of nitrogens with one attached hydrogen (secondary N) is 2. The summed E-state index contributed by atoms with van der Waals surface area (Å²) in [5.74, 6) is 0. The van der Waals surface area contributed by atoms with Crippen LogP contribution < -0.4 is 5.32 Å². The molecule has 0 bridgehead atoms. The fourth-order valence-corrected chi connectivity index (χ4v) is 2.31. The van der Waals surface area contributed by atoms with Crippen molar-refractivity contribution >= 4 is 0 Å². The first kappa shape index (κ1) is 12.6. The summed E-state index contributed by atoms with van der Waals surface area (Å²) >= 11 is 0. The van der Waals surface area contributed by atoms with Crippen LogP contribution in [0.3, 0.4) is 0 Å². The van der Waals surface area contributed by atoms with Crippen LogP contribution in [0, 0.1) is 6.92 Å². The van der Waals surface area contributed by atoms with Crippen LogP contribution in [0.15, 0.2) is 6.20 Å². The van der Waals surface area contributed by atoms with E-state index in [1.807, 2.05) is 13.1 Å². The van der Waals surface area contributed by atoms with Gasteiger partial charge < -0.3 is 10.1 Å². The monoisotopic (exact) mass is 237 g/mol. The highest BCUT2D eigenvalue weighted by Crippen LogP contribution is 2.19. The average molecular weight is 237 g/mol. The Labute approximate surface area is 103 Å². The minimum atomic E-state index is 0.515. The van der Waals surface area contributed by atoms with E-state index in [-0.39, 0.29) is 0 Å². The van der Waals surface area contributed by atoms with Crippen LogP contribution in [0.4, 0.5) is 0 Å². The first-order valence-corrected chi connectivity index (χ1v) is 6.67. The molecule has 1 aliphatic rings. The van der Waals surface area contributed by atoms with Gasteiger partial charge in [0.2, 0.25) is 0 Å². The maximum atomic E-state index is 5.85. The standard InChI is InChI=1S/C13H23N3O/c1-11-12(10-15-16-11)9-14-7-8-17-13-5-3-2-4-6-13/h10,13-14H,2-9H2,1H3,(H,15,16). The molecule has 96 valence electrons. The molecule has 2 N–H and O–H groups in total. The van der Waals surface area contributed by atoms with Crippen LogP contribution in [0.25, 0.3) is 0 Å². The van der Waals surface area contributed by atoms with Gasteiger partial charge in [-0.05, 0) is 19.8 Å². The Morgan fingerprint density at radius 1 is 1.41 bits per heavy atom. The molecule has 0 radical (unpaired) electrons. The number of hydrogen-bond acceptors (Lipinski definition) is 3. The maximum absolute atomic E-state index is 5.85. The predicted molar refractivity (Wildman–Crippen MR) is 67.9 cm³/mol. The van der Waals surface area contributed by atoms with Crippen LogP contribution in [0.5, 0.6) is 0 Å². The Kier molecular flexibility index (Phi) is 5.01. The molecule has 0 aliphatic heterocycles. The highest BCUT2D eigenvalue weighted by Gasteiger charge is 2.12. The third-order valence-electron chi connectivity index (χ3n) is 3.43. The second kappa shape index (κ2) is 6.77. The molecule has 0 saturated heterocycles. The van der Waals surface area contributed by atoms with Gasteiger partial charge in [0.1, 0.15) is 0 Å². The van der Waals surface area contributed by atoms with E-state index in [1.54, 1.807) is 0 Å². The summed E-state index contributed by atoms with van der Waals surface area (Å²) in [6.07, 6.45) is 8.96. The normalized spacial score (nSPS) is 17.5. The van der Waals surface area contributed by atoms with Gasteiger partial charge in [0.25, 0.3) is 0 Å². The van der Waals surface area contributed by atoms with Crippen molar-refractivity contribution in [3.05, 3.63) is 17.5 Å². The van der Waals surface area contributed by atoms with Gasteiger partial charge in [-0.15, -0.1) is 0 Å². The zero-order chi connectivity index (χ0) is 11.9. The van der Waals surface area contributed by atoms with Crippen molar-refractivity contribution in [1.29, 1.82) is 0 Å². The number of ether oxygens (including phenoxy) is 1. The molecule has 0 atom stereocenters. The minimum Gasteiger partial charge on any atom is -0.377 e. The number of hydrogen-bond donors (Lipinski definition) is 2. The number of H-pyrrole nitrogens is 1. The van der Waals surface area contributed by atoms with Crippen molar-refractivity contribution in [3.63, 3.8) is 0 Å². The van der Waals surface area contributed by atoms with Gasteiger partial charge in [0, 0.05) is 24.3 Å². The zero-order valence-corrected chi connectivity index (χ0v) is 10.7. The Bertz CT molecular complexity index is 318. The average Bonchev–Trinajstić information content (AvgIpc) is 2.76. The highest BCUT2D eigenvalue weighted by molar-refractivity contribution is 5.13. The Morgan fingerprint density at radius 3 is 2.94 bits per heavy atom. The van der Waals surface area contributed by atoms with E-state index in [2.05, 4.69) is 15.5 Å². The maximum Gasteiger partial charge on any atom is 0.0594 e. The Morgan fingerprint density at radius 2 is 2.24 bits per heavy atom. The van der Waals surface area contributed by atoms with Gasteiger partial charge in [-0.25, -0.2) is 0 Å². The Hall–Kier alpha value is -0.870. The summed E-state index contributed by atoms with van der Waals surface area (Å²) < 4.78 is 5.85. The molecule has 2 rings (SSSR count). The lowest BCUT2D eigenvalue weighted by Crippen LogP contribution is -2.24. The molecule has 0 unspecified atom stereocenters. The molecule has 1 aromatic heterocycles. The SMILES string of the molecule is Cc1[nH]ncc1CNCCOC1CCCCC1. The van der Waals surface area contributed by atoms with Crippen molar-refractivity contribution in [2.24, 2.45) is 0 Å². The van der Waals surface area contributed by atoms with Crippen LogP contribution in [-0.2, 0) is 11.3 Å². The lowest BCUT2D eigenvalue weighted by molar-refractivity contribution is 0.0302. The lowest BCUT2D eigenvalue weighted by Gasteiger charge is -2.22. The molecule has 0 amide bonds. The fraction of sp³-hybridized carbons (Fsp3) is 0.769. The molecule has 0 spiro atoms. The number of aromatic amines is 1. The van der Waals surface area contributed by atoms with Crippen LogP contribution in [0.1, 0.15) is 43.4 Å². The fourth-order valence-electron chi connectivity index (χ4n) is 2.31. The van der Waals surface area contributed by atoms with Crippen molar-refractivity contribution in [1.82, 2.24) is 15.5 Å². The van der Waals surface area contributed by atoms with E-state index >= 15 is 0 Å². The first-order chi connectivity index (χ1) is 8.36. The summed E-state index contributed by atoms with van der Waals surface area (Å²) in [6.45, 7) is 4.65. The topological polar surface area (TPSA) is 49.9 Å². The second-order valence-corrected chi connectivity index (χ2v) is 4.83. The number of aryl methyl sites for hydroxylation is 1. The van der Waals surface area contributed by atoms with Crippen molar-refractivity contribution in [2.75, 3.05) is 13.2 Å². The molecule has 4 heteroatoms. The molecule has 1 aromatic rings. The summed E-state index contributed by atoms with van der Waals surface area (Å²) in [4.78, 5) is 0. The second-order valence-electron chi connectivity index (χ2n) is 4.83. The van der Waals surface area contributed by atoms with Crippen LogP contribution in [0.2, 0.25) is 0 Å². The predicted octanol–water partition coefficient (Wildman–Crippen LogP) is 2.16. The summed E-state index contributed by atoms with van der Waals surface area (Å²) in [5, 5.41) is 10.3. The largest absolute Gasteiger partial charge is 0.377 e. The van der Waals surface area contributed by atoms with Crippen molar-refractivity contribution in [2.45, 2.75) is 51.7 Å². The quantitative estimate of drug-likeness (QED) is 0.745. The number of nitrogens with zero attached hydrogens (tertiary/aromatic N) is 1. The van der Waals surface area contributed by atoms with Crippen molar-refractivity contribution < 1.29 is 4.74 Å². The highest BCUT2D eigenvalue weighted by atomic mass is 16.5. The van der Waals surface area contributed by atoms with Gasteiger partial charge in [-0.3, -0.25) is 5.10 Å². The molecule has 1 saturated carbocycles. The molecule has 17 heavy (non-hydrogen) atoms. The van der Waals surface area contributed by atoms with Gasteiger partial charge in [-0.2, -0.15) is 5.10 Å². The molecule has 1 heterocycles.